The van der Waals surface area contributed by atoms with Crippen LogP contribution < -0.4 is 9.47 Å². The molecule has 0 atom stereocenters. The lowest BCUT2D eigenvalue weighted by atomic mass is 10.1. The van der Waals surface area contributed by atoms with Gasteiger partial charge in [-0.25, -0.2) is 9.79 Å². The zero-order valence-corrected chi connectivity index (χ0v) is 19.7. The molecule has 0 spiro atoms. The summed E-state index contributed by atoms with van der Waals surface area (Å²) in [5, 5.41) is 10.8. The number of benzene rings is 3. The molecule has 172 valence electrons. The SMILES string of the molecule is CCOc1cc(/C=C2\N=C(c3ccccc3)OC2=O)cc(Br)c1OCc1ccc([N+](=O)[O-])cc1. The summed E-state index contributed by atoms with van der Waals surface area (Å²) < 4.78 is 17.6. The van der Waals surface area contributed by atoms with Crippen LogP contribution in [0, 0.1) is 10.1 Å². The van der Waals surface area contributed by atoms with Crippen LogP contribution >= 0.6 is 15.9 Å². The summed E-state index contributed by atoms with van der Waals surface area (Å²) in [6, 6.07) is 18.8. The Kier molecular flexibility index (Phi) is 7.03. The number of nitro groups is 1. The van der Waals surface area contributed by atoms with Crippen molar-refractivity contribution in [2.24, 2.45) is 4.99 Å². The number of carbonyl (C=O) groups excluding carboxylic acids is 1. The van der Waals surface area contributed by atoms with Gasteiger partial charge in [0.05, 0.1) is 16.0 Å². The minimum Gasteiger partial charge on any atom is -0.490 e. The molecule has 1 aliphatic rings. The van der Waals surface area contributed by atoms with Crippen LogP contribution in [-0.4, -0.2) is 23.4 Å². The number of hydrogen-bond donors (Lipinski definition) is 0. The number of hydrogen-bond acceptors (Lipinski definition) is 7. The second-order valence-electron chi connectivity index (χ2n) is 7.18. The molecule has 4 rings (SSSR count). The summed E-state index contributed by atoms with van der Waals surface area (Å²) >= 11 is 3.51. The topological polar surface area (TPSA) is 100 Å². The molecular weight excluding hydrogens is 504 g/mol. The van der Waals surface area contributed by atoms with Crippen molar-refractivity contribution >= 4 is 39.6 Å². The van der Waals surface area contributed by atoms with Gasteiger partial charge in [0.1, 0.15) is 6.61 Å². The number of esters is 1. The molecule has 1 aliphatic heterocycles. The van der Waals surface area contributed by atoms with Crippen LogP contribution in [0.3, 0.4) is 0 Å². The summed E-state index contributed by atoms with van der Waals surface area (Å²) in [5.74, 6) is 0.671. The molecule has 0 radical (unpaired) electrons. The second kappa shape index (κ2) is 10.3. The number of nitro benzene ring substituents is 1. The van der Waals surface area contributed by atoms with E-state index in [0.29, 0.717) is 33.7 Å². The summed E-state index contributed by atoms with van der Waals surface area (Å²) in [6.07, 6.45) is 1.62. The Morgan fingerprint density at radius 2 is 1.82 bits per heavy atom. The van der Waals surface area contributed by atoms with E-state index in [1.807, 2.05) is 37.3 Å². The van der Waals surface area contributed by atoms with Crippen LogP contribution in [0.4, 0.5) is 5.69 Å². The van der Waals surface area contributed by atoms with Gasteiger partial charge >= 0.3 is 5.97 Å². The molecule has 3 aromatic carbocycles. The monoisotopic (exact) mass is 522 g/mol. The minimum absolute atomic E-state index is 0.0147. The molecule has 0 aliphatic carbocycles. The Morgan fingerprint density at radius 1 is 1.09 bits per heavy atom. The third kappa shape index (κ3) is 5.32. The lowest BCUT2D eigenvalue weighted by Crippen LogP contribution is -2.05. The molecule has 0 aromatic heterocycles. The molecule has 0 unspecified atom stereocenters. The van der Waals surface area contributed by atoms with Gasteiger partial charge in [0.25, 0.3) is 5.69 Å². The van der Waals surface area contributed by atoms with E-state index < -0.39 is 10.9 Å². The molecule has 8 nitrogen and oxygen atoms in total. The van der Waals surface area contributed by atoms with Gasteiger partial charge in [-0.1, -0.05) is 18.2 Å². The molecule has 0 bridgehead atoms. The number of nitrogens with zero attached hydrogens (tertiary/aromatic N) is 2. The second-order valence-corrected chi connectivity index (χ2v) is 8.03. The molecule has 1 heterocycles. The van der Waals surface area contributed by atoms with E-state index in [0.717, 1.165) is 5.56 Å². The standard InChI is InChI=1S/C25H19BrN2O6/c1-2-32-22-14-17(13-21-25(29)34-24(27-21)18-6-4-3-5-7-18)12-20(26)23(22)33-15-16-8-10-19(11-9-16)28(30)31/h3-14H,2,15H2,1H3/b21-13-. The van der Waals surface area contributed by atoms with E-state index >= 15 is 0 Å². The van der Waals surface area contributed by atoms with Crippen LogP contribution in [-0.2, 0) is 16.1 Å². The fraction of sp³-hybridized carbons (Fsp3) is 0.120. The first-order chi connectivity index (χ1) is 16.4. The van der Waals surface area contributed by atoms with Gasteiger partial charge in [0.2, 0.25) is 5.90 Å². The number of halogens is 1. The van der Waals surface area contributed by atoms with Crippen molar-refractivity contribution in [2.45, 2.75) is 13.5 Å². The number of ether oxygens (including phenoxy) is 3. The zero-order valence-electron chi connectivity index (χ0n) is 18.1. The smallest absolute Gasteiger partial charge is 0.363 e. The quantitative estimate of drug-likeness (QED) is 0.163. The van der Waals surface area contributed by atoms with Gasteiger partial charge in [-0.3, -0.25) is 10.1 Å². The molecule has 0 N–H and O–H groups in total. The summed E-state index contributed by atoms with van der Waals surface area (Å²) in [4.78, 5) is 27.0. The van der Waals surface area contributed by atoms with Gasteiger partial charge in [0.15, 0.2) is 17.2 Å². The van der Waals surface area contributed by atoms with E-state index in [4.69, 9.17) is 14.2 Å². The van der Waals surface area contributed by atoms with E-state index in [9.17, 15) is 14.9 Å². The Bertz CT molecular complexity index is 1290. The van der Waals surface area contributed by atoms with Crippen molar-refractivity contribution in [3.05, 3.63) is 104 Å². The molecule has 0 fully saturated rings. The predicted octanol–water partition coefficient (Wildman–Crippen LogP) is 5.68. The maximum Gasteiger partial charge on any atom is 0.363 e. The van der Waals surface area contributed by atoms with Crippen LogP contribution in [0.2, 0.25) is 0 Å². The van der Waals surface area contributed by atoms with Crippen molar-refractivity contribution in [3.63, 3.8) is 0 Å². The van der Waals surface area contributed by atoms with E-state index in [-0.39, 0.29) is 23.9 Å². The average Bonchev–Trinajstić information content (AvgIpc) is 3.19. The number of aliphatic imine (C=N–C) groups is 1. The maximum absolute atomic E-state index is 12.3. The molecular formula is C25H19BrN2O6. The number of cyclic esters (lactones) is 1. The minimum atomic E-state index is -0.536. The number of carbonyl (C=O) groups is 1. The van der Waals surface area contributed by atoms with Crippen LogP contribution in [0.5, 0.6) is 11.5 Å². The predicted molar refractivity (Wildman–Crippen MR) is 130 cm³/mol. The average molecular weight is 523 g/mol. The Labute approximate surface area is 203 Å². The van der Waals surface area contributed by atoms with Crippen molar-refractivity contribution in [3.8, 4) is 11.5 Å². The van der Waals surface area contributed by atoms with Gasteiger partial charge in [-0.2, -0.15) is 0 Å². The molecule has 0 saturated heterocycles. The largest absolute Gasteiger partial charge is 0.490 e. The highest BCUT2D eigenvalue weighted by Gasteiger charge is 2.24. The highest BCUT2D eigenvalue weighted by Crippen LogP contribution is 2.38. The molecule has 0 amide bonds. The van der Waals surface area contributed by atoms with Gasteiger partial charge in [-0.15, -0.1) is 0 Å². The molecule has 9 heteroatoms. The normalized spacial score (nSPS) is 14.0. The van der Waals surface area contributed by atoms with Crippen molar-refractivity contribution in [1.82, 2.24) is 0 Å². The first-order valence-electron chi connectivity index (χ1n) is 10.3. The van der Waals surface area contributed by atoms with Crippen LogP contribution in [0.15, 0.2) is 81.9 Å². The van der Waals surface area contributed by atoms with Gasteiger partial charge in [0, 0.05) is 17.7 Å². The summed E-state index contributed by atoms with van der Waals surface area (Å²) in [6.45, 7) is 2.44. The first kappa shape index (κ1) is 23.2. The zero-order chi connectivity index (χ0) is 24.1. The third-order valence-electron chi connectivity index (χ3n) is 4.81. The highest BCUT2D eigenvalue weighted by atomic mass is 79.9. The Hall–Kier alpha value is -3.98. The Balaban J connectivity index is 1.57. The van der Waals surface area contributed by atoms with Crippen LogP contribution in [0.25, 0.3) is 6.08 Å². The van der Waals surface area contributed by atoms with Crippen molar-refractivity contribution in [2.75, 3.05) is 6.61 Å². The molecule has 3 aromatic rings. The fourth-order valence-electron chi connectivity index (χ4n) is 3.21. The Morgan fingerprint density at radius 3 is 2.50 bits per heavy atom. The van der Waals surface area contributed by atoms with E-state index in [1.165, 1.54) is 12.1 Å². The first-order valence-corrected chi connectivity index (χ1v) is 11.1. The number of non-ortho nitro benzene ring substituents is 1. The maximum atomic E-state index is 12.3. The van der Waals surface area contributed by atoms with Crippen LogP contribution in [0.1, 0.15) is 23.6 Å². The van der Waals surface area contributed by atoms with Crippen molar-refractivity contribution in [1.29, 1.82) is 0 Å². The highest BCUT2D eigenvalue weighted by molar-refractivity contribution is 9.10. The van der Waals surface area contributed by atoms with Crippen molar-refractivity contribution < 1.29 is 23.9 Å². The molecule has 34 heavy (non-hydrogen) atoms. The fourth-order valence-corrected chi connectivity index (χ4v) is 3.79. The van der Waals surface area contributed by atoms with E-state index in [2.05, 4.69) is 20.9 Å². The number of rotatable bonds is 8. The summed E-state index contributed by atoms with van der Waals surface area (Å²) in [5.41, 5.74) is 2.34. The lowest BCUT2D eigenvalue weighted by Gasteiger charge is -2.15. The lowest BCUT2D eigenvalue weighted by molar-refractivity contribution is -0.384. The van der Waals surface area contributed by atoms with E-state index in [1.54, 1.807) is 30.3 Å². The van der Waals surface area contributed by atoms with Gasteiger partial charge in [-0.05, 0) is 76.5 Å². The third-order valence-corrected chi connectivity index (χ3v) is 5.40. The van der Waals surface area contributed by atoms with Gasteiger partial charge < -0.3 is 14.2 Å². The molecule has 0 saturated carbocycles. The summed E-state index contributed by atoms with van der Waals surface area (Å²) in [7, 11) is 0.